The zero-order valence-electron chi connectivity index (χ0n) is 15.0. The third kappa shape index (κ3) is 7.80. The van der Waals surface area contributed by atoms with Crippen LogP contribution in [0.15, 0.2) is 0 Å². The number of nitrogens with zero attached hydrogens (tertiary/aromatic N) is 1. The number of amides is 2. The Balaban J connectivity index is 5.79. The molecule has 0 rings (SSSR count). The van der Waals surface area contributed by atoms with Crippen LogP contribution < -0.4 is 0 Å². The molecule has 24 heavy (non-hydrogen) atoms. The molecule has 0 unspecified atom stereocenters. The van der Waals surface area contributed by atoms with E-state index in [1.165, 1.54) is 0 Å². The summed E-state index contributed by atoms with van der Waals surface area (Å²) in [7, 11) is 1.01. The van der Waals surface area contributed by atoms with Crippen molar-refractivity contribution in [3.05, 3.63) is 0 Å². The van der Waals surface area contributed by atoms with Crippen molar-refractivity contribution in [3.8, 4) is 0 Å². The zero-order chi connectivity index (χ0) is 19.3. The molecule has 0 heterocycles. The van der Waals surface area contributed by atoms with E-state index < -0.39 is 47.8 Å². The molecule has 0 aromatic rings. The van der Waals surface area contributed by atoms with Crippen LogP contribution in [-0.4, -0.2) is 58.5 Å². The number of imide groups is 1. The van der Waals surface area contributed by atoms with Gasteiger partial charge in [0.1, 0.15) is 11.2 Å². The van der Waals surface area contributed by atoms with Gasteiger partial charge in [-0.15, -0.1) is 0 Å². The van der Waals surface area contributed by atoms with Crippen molar-refractivity contribution < 1.29 is 38.5 Å². The van der Waals surface area contributed by atoms with Crippen LogP contribution in [-0.2, 0) is 23.8 Å². The van der Waals surface area contributed by atoms with Gasteiger partial charge in [0.25, 0.3) is 0 Å². The number of hydrogen-bond acceptors (Lipinski definition) is 7. The van der Waals surface area contributed by atoms with Gasteiger partial charge >= 0.3 is 24.1 Å². The van der Waals surface area contributed by atoms with E-state index in [9.17, 15) is 19.2 Å². The Labute approximate surface area is 140 Å². The predicted octanol–water partition coefficient (Wildman–Crippen LogP) is 2.17. The lowest BCUT2D eigenvalue weighted by Gasteiger charge is -2.31. The van der Waals surface area contributed by atoms with Crippen LogP contribution in [0.25, 0.3) is 0 Å². The van der Waals surface area contributed by atoms with E-state index in [2.05, 4.69) is 4.74 Å². The third-order valence-corrected chi connectivity index (χ3v) is 2.33. The third-order valence-electron chi connectivity index (χ3n) is 2.33. The molecule has 2 amide bonds. The molecule has 0 saturated heterocycles. The predicted molar refractivity (Wildman–Crippen MR) is 82.4 cm³/mol. The summed E-state index contributed by atoms with van der Waals surface area (Å²) in [6.45, 7) is 9.35. The van der Waals surface area contributed by atoms with Gasteiger partial charge in [-0.3, -0.25) is 4.79 Å². The SMILES string of the molecule is COC(=O)[C@H](CC(=O)O)N(C(=O)OC(C)(C)C)C(=O)OC(C)(C)C. The number of carbonyl (C=O) groups excluding carboxylic acids is 3. The molecule has 0 aliphatic carbocycles. The van der Waals surface area contributed by atoms with Gasteiger partial charge in [-0.25, -0.2) is 14.4 Å². The second kappa shape index (κ2) is 7.98. The molecular formula is C15H25NO8. The van der Waals surface area contributed by atoms with Gasteiger partial charge in [0.2, 0.25) is 0 Å². The number of carbonyl (C=O) groups is 4. The van der Waals surface area contributed by atoms with Crippen LogP contribution in [0.2, 0.25) is 0 Å². The number of carboxylic acids is 1. The number of carboxylic acid groups (broad SMARTS) is 1. The second-order valence-corrected chi connectivity index (χ2v) is 6.97. The van der Waals surface area contributed by atoms with Crippen LogP contribution in [0.3, 0.4) is 0 Å². The highest BCUT2D eigenvalue weighted by Gasteiger charge is 2.42. The topological polar surface area (TPSA) is 119 Å². The molecule has 0 fully saturated rings. The highest BCUT2D eigenvalue weighted by molar-refractivity contribution is 5.95. The van der Waals surface area contributed by atoms with E-state index in [1.807, 2.05) is 0 Å². The Morgan fingerprint density at radius 1 is 0.917 bits per heavy atom. The number of aliphatic carboxylic acids is 1. The summed E-state index contributed by atoms with van der Waals surface area (Å²) in [5.41, 5.74) is -1.94. The number of ether oxygens (including phenoxy) is 3. The summed E-state index contributed by atoms with van der Waals surface area (Å²) in [5, 5.41) is 8.97. The highest BCUT2D eigenvalue weighted by Crippen LogP contribution is 2.19. The van der Waals surface area contributed by atoms with E-state index in [0.29, 0.717) is 4.90 Å². The molecule has 0 spiro atoms. The fourth-order valence-corrected chi connectivity index (χ4v) is 1.53. The van der Waals surface area contributed by atoms with Crippen LogP contribution >= 0.6 is 0 Å². The van der Waals surface area contributed by atoms with E-state index in [-0.39, 0.29) is 0 Å². The monoisotopic (exact) mass is 347 g/mol. The van der Waals surface area contributed by atoms with Gasteiger partial charge in [-0.05, 0) is 41.5 Å². The maximum atomic E-state index is 12.3. The molecule has 1 N–H and O–H groups in total. The summed E-state index contributed by atoms with van der Waals surface area (Å²) in [6, 6.07) is -1.71. The van der Waals surface area contributed by atoms with Crippen molar-refractivity contribution in [2.24, 2.45) is 0 Å². The average molecular weight is 347 g/mol. The molecule has 0 aromatic carbocycles. The molecule has 0 aliphatic rings. The van der Waals surface area contributed by atoms with Gasteiger partial charge < -0.3 is 19.3 Å². The van der Waals surface area contributed by atoms with Crippen LogP contribution in [0.4, 0.5) is 9.59 Å². The average Bonchev–Trinajstić information content (AvgIpc) is 2.31. The van der Waals surface area contributed by atoms with E-state index in [0.717, 1.165) is 7.11 Å². The second-order valence-electron chi connectivity index (χ2n) is 6.97. The Morgan fingerprint density at radius 2 is 1.29 bits per heavy atom. The van der Waals surface area contributed by atoms with Crippen LogP contribution in [0.1, 0.15) is 48.0 Å². The van der Waals surface area contributed by atoms with Crippen molar-refractivity contribution >= 4 is 24.1 Å². The molecule has 138 valence electrons. The quantitative estimate of drug-likeness (QED) is 0.607. The lowest BCUT2D eigenvalue weighted by atomic mass is 10.1. The van der Waals surface area contributed by atoms with Gasteiger partial charge in [-0.2, -0.15) is 4.90 Å². The normalized spacial score (nSPS) is 12.8. The first-order chi connectivity index (χ1) is 10.7. The van der Waals surface area contributed by atoms with Crippen molar-refractivity contribution in [1.82, 2.24) is 4.90 Å². The lowest BCUT2D eigenvalue weighted by molar-refractivity contribution is -0.151. The van der Waals surface area contributed by atoms with Gasteiger partial charge in [0, 0.05) is 0 Å². The van der Waals surface area contributed by atoms with Gasteiger partial charge in [0.15, 0.2) is 6.04 Å². The molecule has 0 radical (unpaired) electrons. The Kier molecular flexibility index (Phi) is 7.21. The molecular weight excluding hydrogens is 322 g/mol. The first kappa shape index (κ1) is 21.7. The fourth-order valence-electron chi connectivity index (χ4n) is 1.53. The van der Waals surface area contributed by atoms with Crippen molar-refractivity contribution in [2.45, 2.75) is 65.2 Å². The summed E-state index contributed by atoms with van der Waals surface area (Å²) in [5.74, 6) is -2.48. The van der Waals surface area contributed by atoms with E-state index >= 15 is 0 Å². The molecule has 0 saturated carbocycles. The molecule has 0 aromatic heterocycles. The molecule has 9 nitrogen and oxygen atoms in total. The molecule has 9 heteroatoms. The summed E-state index contributed by atoms with van der Waals surface area (Å²) >= 11 is 0. The minimum atomic E-state index is -1.71. The van der Waals surface area contributed by atoms with Gasteiger partial charge in [0.05, 0.1) is 13.5 Å². The first-order valence-electron chi connectivity index (χ1n) is 7.22. The molecule has 0 bridgehead atoms. The zero-order valence-corrected chi connectivity index (χ0v) is 15.0. The Morgan fingerprint density at radius 3 is 1.54 bits per heavy atom. The van der Waals surface area contributed by atoms with Crippen LogP contribution in [0, 0.1) is 0 Å². The summed E-state index contributed by atoms with van der Waals surface area (Å²) in [4.78, 5) is 47.9. The maximum Gasteiger partial charge on any atom is 0.420 e. The van der Waals surface area contributed by atoms with Crippen molar-refractivity contribution in [3.63, 3.8) is 0 Å². The largest absolute Gasteiger partial charge is 0.481 e. The Bertz CT molecular complexity index is 473. The van der Waals surface area contributed by atoms with Crippen molar-refractivity contribution in [1.29, 1.82) is 0 Å². The van der Waals surface area contributed by atoms with E-state index in [4.69, 9.17) is 14.6 Å². The molecule has 0 aliphatic heterocycles. The molecule has 1 atom stereocenters. The maximum absolute atomic E-state index is 12.3. The minimum Gasteiger partial charge on any atom is -0.481 e. The van der Waals surface area contributed by atoms with Gasteiger partial charge in [-0.1, -0.05) is 0 Å². The summed E-state index contributed by atoms with van der Waals surface area (Å²) < 4.78 is 14.7. The van der Waals surface area contributed by atoms with Crippen molar-refractivity contribution in [2.75, 3.05) is 7.11 Å². The Hall–Kier alpha value is -2.32. The highest BCUT2D eigenvalue weighted by atomic mass is 16.6. The number of rotatable bonds is 4. The number of hydrogen-bond donors (Lipinski definition) is 1. The van der Waals surface area contributed by atoms with E-state index in [1.54, 1.807) is 41.5 Å². The lowest BCUT2D eigenvalue weighted by Crippen LogP contribution is -2.53. The number of methoxy groups -OCH3 is 1. The van der Waals surface area contributed by atoms with Crippen LogP contribution in [0.5, 0.6) is 0 Å². The summed E-state index contributed by atoms with van der Waals surface area (Å²) in [6.07, 6.45) is -3.24. The first-order valence-corrected chi connectivity index (χ1v) is 7.22. The standard InChI is InChI=1S/C15H25NO8/c1-14(2,3)23-12(20)16(13(21)24-15(4,5)6)9(8-10(17)18)11(19)22-7/h9H,8H2,1-7H3,(H,17,18)/t9-/m0/s1. The number of esters is 1. The smallest absolute Gasteiger partial charge is 0.420 e. The minimum absolute atomic E-state index is 0.330. The fraction of sp³-hybridized carbons (Fsp3) is 0.733.